The zero-order valence-corrected chi connectivity index (χ0v) is 14.9. The highest BCUT2D eigenvalue weighted by Crippen LogP contribution is 2.29. The number of rotatable bonds is 8. The molecule has 2 aromatic carbocycles. The molecule has 0 radical (unpaired) electrons. The minimum Gasteiger partial charge on any atom is -0.493 e. The molecule has 25 heavy (non-hydrogen) atoms. The predicted octanol–water partition coefficient (Wildman–Crippen LogP) is 4.82. The van der Waals surface area contributed by atoms with Gasteiger partial charge in [-0.15, -0.1) is 4.91 Å². The fourth-order valence-electron chi connectivity index (χ4n) is 2.16. The van der Waals surface area contributed by atoms with Gasteiger partial charge in [0.25, 0.3) is 0 Å². The van der Waals surface area contributed by atoms with Gasteiger partial charge in [0.05, 0.1) is 18.9 Å². The Morgan fingerprint density at radius 1 is 1.08 bits per heavy atom. The fraction of sp³-hybridized carbons (Fsp3) is 0.316. The molecule has 0 spiro atoms. The van der Waals surface area contributed by atoms with Crippen LogP contribution in [0.3, 0.4) is 0 Å². The highest BCUT2D eigenvalue weighted by Gasteiger charge is 2.09. The molecule has 0 N–H and O–H groups in total. The van der Waals surface area contributed by atoms with E-state index < -0.39 is 0 Å². The zero-order chi connectivity index (χ0) is 18.2. The van der Waals surface area contributed by atoms with E-state index in [1.54, 1.807) is 31.4 Å². The van der Waals surface area contributed by atoms with E-state index in [0.29, 0.717) is 23.8 Å². The highest BCUT2D eigenvalue weighted by molar-refractivity contribution is 5.98. The number of hydrogen-bond donors (Lipinski definition) is 0. The molecule has 0 aliphatic heterocycles. The fourth-order valence-corrected chi connectivity index (χ4v) is 2.16. The summed E-state index contributed by atoms with van der Waals surface area (Å²) in [6.07, 6.45) is 0.0430. The molecule has 132 valence electrons. The van der Waals surface area contributed by atoms with Gasteiger partial charge in [-0.05, 0) is 61.8 Å². The number of benzene rings is 2. The van der Waals surface area contributed by atoms with Crippen molar-refractivity contribution in [2.45, 2.75) is 33.5 Å². The predicted molar refractivity (Wildman–Crippen MR) is 97.7 cm³/mol. The molecule has 0 fully saturated rings. The van der Waals surface area contributed by atoms with Crippen molar-refractivity contribution in [2.24, 2.45) is 10.3 Å². The van der Waals surface area contributed by atoms with E-state index in [4.69, 9.17) is 14.3 Å². The van der Waals surface area contributed by atoms with Gasteiger partial charge in [-0.2, -0.15) is 0 Å². The summed E-state index contributed by atoms with van der Waals surface area (Å²) in [4.78, 5) is 15.8. The summed E-state index contributed by atoms with van der Waals surface area (Å²) in [6.45, 7) is 6.09. The first-order valence-corrected chi connectivity index (χ1v) is 7.97. The Kier molecular flexibility index (Phi) is 6.51. The van der Waals surface area contributed by atoms with Crippen LogP contribution >= 0.6 is 0 Å². The molecule has 2 rings (SSSR count). The molecular weight excluding hydrogens is 320 g/mol. The molecule has 6 nitrogen and oxygen atoms in total. The molecule has 0 aliphatic rings. The number of ether oxygens (including phenoxy) is 2. The lowest BCUT2D eigenvalue weighted by Crippen LogP contribution is -2.08. The van der Waals surface area contributed by atoms with Gasteiger partial charge < -0.3 is 14.3 Å². The molecule has 0 saturated heterocycles. The average molecular weight is 342 g/mol. The van der Waals surface area contributed by atoms with Gasteiger partial charge in [-0.25, -0.2) is 0 Å². The van der Waals surface area contributed by atoms with Crippen molar-refractivity contribution in [1.82, 2.24) is 0 Å². The van der Waals surface area contributed by atoms with Gasteiger partial charge in [0, 0.05) is 5.56 Å². The minimum absolute atomic E-state index is 0.0430. The highest BCUT2D eigenvalue weighted by atomic mass is 16.6. The Bertz CT molecular complexity index is 740. The minimum atomic E-state index is 0.0430. The van der Waals surface area contributed by atoms with Crippen LogP contribution < -0.4 is 9.47 Å². The Hall–Kier alpha value is -2.89. The average Bonchev–Trinajstić information content (AvgIpc) is 2.61. The Balaban J connectivity index is 2.06. The lowest BCUT2D eigenvalue weighted by Gasteiger charge is -2.14. The van der Waals surface area contributed by atoms with Crippen LogP contribution in [0.5, 0.6) is 11.5 Å². The van der Waals surface area contributed by atoms with E-state index in [2.05, 4.69) is 10.3 Å². The van der Waals surface area contributed by atoms with Gasteiger partial charge in [-0.3, -0.25) is 0 Å². The van der Waals surface area contributed by atoms with Crippen molar-refractivity contribution >= 4 is 11.4 Å². The first-order valence-electron chi connectivity index (χ1n) is 7.97. The van der Waals surface area contributed by atoms with Crippen LogP contribution in [0.15, 0.2) is 52.8 Å². The van der Waals surface area contributed by atoms with Gasteiger partial charge in [-0.1, -0.05) is 17.3 Å². The second-order valence-corrected chi connectivity index (χ2v) is 5.74. The van der Waals surface area contributed by atoms with Crippen LogP contribution in [-0.4, -0.2) is 18.9 Å². The van der Waals surface area contributed by atoms with E-state index in [0.717, 1.165) is 16.8 Å². The second-order valence-electron chi connectivity index (χ2n) is 5.74. The van der Waals surface area contributed by atoms with Crippen molar-refractivity contribution in [3.8, 4) is 11.5 Å². The molecule has 6 heteroatoms. The largest absolute Gasteiger partial charge is 0.493 e. The standard InChI is InChI=1S/C19H22N2O4/c1-13(2)25-19-11-16(7-10-18(19)23-4)14(3)21-24-12-15-5-8-17(20-22)9-6-15/h5-11,13H,12H2,1-4H3/b21-14+. The van der Waals surface area contributed by atoms with E-state index in [1.807, 2.05) is 39.0 Å². The summed E-state index contributed by atoms with van der Waals surface area (Å²) in [5, 5.41) is 7.01. The number of methoxy groups -OCH3 is 1. The molecule has 0 bridgehead atoms. The van der Waals surface area contributed by atoms with Crippen LogP contribution in [0.2, 0.25) is 0 Å². The van der Waals surface area contributed by atoms with E-state index in [1.165, 1.54) is 0 Å². The van der Waals surface area contributed by atoms with Crippen LogP contribution in [0.4, 0.5) is 5.69 Å². The first-order chi connectivity index (χ1) is 12.0. The zero-order valence-electron chi connectivity index (χ0n) is 14.9. The molecular formula is C19H22N2O4. The quantitative estimate of drug-likeness (QED) is 0.392. The Labute approximate surface area is 147 Å². The molecule has 0 atom stereocenters. The molecule has 0 heterocycles. The number of nitroso groups, excluding NO2 is 1. The summed E-state index contributed by atoms with van der Waals surface area (Å²) in [6, 6.07) is 12.5. The van der Waals surface area contributed by atoms with Crippen LogP contribution in [0, 0.1) is 4.91 Å². The molecule has 0 amide bonds. The summed E-state index contributed by atoms with van der Waals surface area (Å²) in [5.74, 6) is 1.34. The van der Waals surface area contributed by atoms with Gasteiger partial charge in [0.1, 0.15) is 12.3 Å². The number of hydrogen-bond acceptors (Lipinski definition) is 6. The maximum atomic E-state index is 10.4. The molecule has 0 unspecified atom stereocenters. The van der Waals surface area contributed by atoms with Crippen molar-refractivity contribution in [2.75, 3.05) is 7.11 Å². The summed E-state index contributed by atoms with van der Waals surface area (Å²) < 4.78 is 11.1. The van der Waals surface area contributed by atoms with Gasteiger partial charge in [0.15, 0.2) is 11.5 Å². The maximum absolute atomic E-state index is 10.4. The summed E-state index contributed by atoms with van der Waals surface area (Å²) in [5.41, 5.74) is 2.90. The Morgan fingerprint density at radius 2 is 1.80 bits per heavy atom. The third-order valence-electron chi connectivity index (χ3n) is 3.42. The van der Waals surface area contributed by atoms with Crippen molar-refractivity contribution in [3.05, 3.63) is 58.5 Å². The van der Waals surface area contributed by atoms with Crippen LogP contribution in [-0.2, 0) is 11.4 Å². The lowest BCUT2D eigenvalue weighted by molar-refractivity contribution is 0.130. The lowest BCUT2D eigenvalue weighted by atomic mass is 10.1. The topological polar surface area (TPSA) is 69.5 Å². The summed E-state index contributed by atoms with van der Waals surface area (Å²) in [7, 11) is 1.61. The van der Waals surface area contributed by atoms with Crippen LogP contribution in [0.25, 0.3) is 0 Å². The third kappa shape index (κ3) is 5.31. The molecule has 0 aliphatic carbocycles. The van der Waals surface area contributed by atoms with Crippen LogP contribution in [0.1, 0.15) is 31.9 Å². The number of oxime groups is 1. The molecule has 0 saturated carbocycles. The van der Waals surface area contributed by atoms with E-state index in [9.17, 15) is 4.91 Å². The number of nitrogens with zero attached hydrogens (tertiary/aromatic N) is 2. The smallest absolute Gasteiger partial charge is 0.162 e. The third-order valence-corrected chi connectivity index (χ3v) is 3.42. The molecule has 0 aromatic heterocycles. The molecule has 2 aromatic rings. The van der Waals surface area contributed by atoms with E-state index >= 15 is 0 Å². The first kappa shape index (κ1) is 18.4. The second kappa shape index (κ2) is 8.82. The SMILES string of the molecule is COc1ccc(/C(C)=N/OCc2ccc(N=O)cc2)cc1OC(C)C. The van der Waals surface area contributed by atoms with Crippen molar-refractivity contribution < 1.29 is 14.3 Å². The normalized spacial score (nSPS) is 11.3. The maximum Gasteiger partial charge on any atom is 0.162 e. The van der Waals surface area contributed by atoms with Gasteiger partial charge in [0.2, 0.25) is 0 Å². The summed E-state index contributed by atoms with van der Waals surface area (Å²) >= 11 is 0. The van der Waals surface area contributed by atoms with Crippen molar-refractivity contribution in [1.29, 1.82) is 0 Å². The van der Waals surface area contributed by atoms with Gasteiger partial charge >= 0.3 is 0 Å². The van der Waals surface area contributed by atoms with Crippen molar-refractivity contribution in [3.63, 3.8) is 0 Å². The monoisotopic (exact) mass is 342 g/mol. The Morgan fingerprint density at radius 3 is 2.40 bits per heavy atom. The van der Waals surface area contributed by atoms with E-state index in [-0.39, 0.29) is 6.10 Å².